The van der Waals surface area contributed by atoms with Gasteiger partial charge in [-0.1, -0.05) is 67.9 Å². The Bertz CT molecular complexity index is 911. The predicted octanol–water partition coefficient (Wildman–Crippen LogP) is 5.98. The van der Waals surface area contributed by atoms with Gasteiger partial charge in [0.15, 0.2) is 5.13 Å². The predicted molar refractivity (Wildman–Crippen MR) is 118 cm³/mol. The van der Waals surface area contributed by atoms with E-state index in [1.165, 1.54) is 28.0 Å². The number of rotatable bonds is 7. The Hall–Kier alpha value is -2.46. The molecule has 1 amide bonds. The number of nitrogens with one attached hydrogen (secondary N) is 1. The zero-order valence-electron chi connectivity index (χ0n) is 17.0. The average Bonchev–Trinajstić information content (AvgIpc) is 3.10. The minimum Gasteiger partial charge on any atom is -0.301 e. The molecule has 1 heterocycles. The van der Waals surface area contributed by atoms with Gasteiger partial charge in [-0.25, -0.2) is 4.98 Å². The summed E-state index contributed by atoms with van der Waals surface area (Å²) >= 11 is 1.54. The van der Waals surface area contributed by atoms with Crippen molar-refractivity contribution in [1.29, 1.82) is 0 Å². The van der Waals surface area contributed by atoms with E-state index in [1.807, 2.05) is 13.1 Å². The number of amides is 1. The second kappa shape index (κ2) is 9.16. The van der Waals surface area contributed by atoms with Gasteiger partial charge in [-0.2, -0.15) is 0 Å². The molecule has 1 atom stereocenters. The molecule has 1 aromatic heterocycles. The van der Waals surface area contributed by atoms with Crippen molar-refractivity contribution in [3.63, 3.8) is 0 Å². The Balaban J connectivity index is 1.59. The topological polar surface area (TPSA) is 42.0 Å². The lowest BCUT2D eigenvalue weighted by molar-refractivity contribution is -0.117. The van der Waals surface area contributed by atoms with Crippen LogP contribution in [0.2, 0.25) is 0 Å². The van der Waals surface area contributed by atoms with Crippen LogP contribution in [0.3, 0.4) is 0 Å². The first-order chi connectivity index (χ1) is 13.4. The number of aromatic nitrogens is 1. The summed E-state index contributed by atoms with van der Waals surface area (Å²) in [5.74, 6) is 0.399. The van der Waals surface area contributed by atoms with Crippen LogP contribution in [0.4, 0.5) is 5.13 Å². The monoisotopic (exact) mass is 392 g/mol. The minimum absolute atomic E-state index is 0.0205. The molecule has 0 spiro atoms. The van der Waals surface area contributed by atoms with E-state index in [2.05, 4.69) is 79.6 Å². The standard InChI is InChI=1S/C24H28N2OS/c1-16(2)13-19-9-11-21(12-10-19)18(4)23(27)26-24-25-15-22(28-24)14-20-7-5-17(3)6-8-20/h5-12,15-16,18H,13-14H2,1-4H3,(H,25,26,27)/t18-/m1/s1. The fourth-order valence-corrected chi connectivity index (χ4v) is 3.98. The van der Waals surface area contributed by atoms with Crippen LogP contribution in [0.15, 0.2) is 54.7 Å². The highest BCUT2D eigenvalue weighted by atomic mass is 32.1. The summed E-state index contributed by atoms with van der Waals surface area (Å²) in [7, 11) is 0. The summed E-state index contributed by atoms with van der Waals surface area (Å²) in [5, 5.41) is 3.63. The summed E-state index contributed by atoms with van der Waals surface area (Å²) in [4.78, 5) is 18.2. The molecular formula is C24H28N2OS. The van der Waals surface area contributed by atoms with Crippen molar-refractivity contribution in [2.24, 2.45) is 5.92 Å². The molecule has 3 nitrogen and oxygen atoms in total. The van der Waals surface area contributed by atoms with Gasteiger partial charge in [0.2, 0.25) is 5.91 Å². The highest BCUT2D eigenvalue weighted by molar-refractivity contribution is 7.15. The van der Waals surface area contributed by atoms with Gasteiger partial charge in [-0.3, -0.25) is 4.79 Å². The number of carbonyl (C=O) groups excluding carboxylic acids is 1. The quantitative estimate of drug-likeness (QED) is 0.537. The summed E-state index contributed by atoms with van der Waals surface area (Å²) in [6, 6.07) is 16.9. The van der Waals surface area contributed by atoms with E-state index in [1.54, 1.807) is 0 Å². The molecule has 146 valence electrons. The van der Waals surface area contributed by atoms with Crippen LogP contribution < -0.4 is 5.32 Å². The third-order valence-electron chi connectivity index (χ3n) is 4.80. The molecule has 0 bridgehead atoms. The molecule has 0 aliphatic rings. The maximum absolute atomic E-state index is 12.6. The highest BCUT2D eigenvalue weighted by Crippen LogP contribution is 2.24. The molecule has 0 saturated heterocycles. The van der Waals surface area contributed by atoms with E-state index in [0.717, 1.165) is 23.3 Å². The highest BCUT2D eigenvalue weighted by Gasteiger charge is 2.17. The van der Waals surface area contributed by atoms with Crippen molar-refractivity contribution in [2.45, 2.75) is 46.5 Å². The molecule has 0 radical (unpaired) electrons. The van der Waals surface area contributed by atoms with Crippen molar-refractivity contribution in [3.8, 4) is 0 Å². The van der Waals surface area contributed by atoms with Crippen LogP contribution in [0.1, 0.15) is 53.8 Å². The van der Waals surface area contributed by atoms with E-state index < -0.39 is 0 Å². The van der Waals surface area contributed by atoms with Gasteiger partial charge < -0.3 is 5.32 Å². The van der Waals surface area contributed by atoms with Gasteiger partial charge in [0.25, 0.3) is 0 Å². The van der Waals surface area contributed by atoms with Gasteiger partial charge in [0, 0.05) is 17.5 Å². The molecule has 0 fully saturated rings. The molecule has 2 aromatic carbocycles. The zero-order valence-corrected chi connectivity index (χ0v) is 17.8. The van der Waals surface area contributed by atoms with Crippen molar-refractivity contribution in [3.05, 3.63) is 81.9 Å². The third kappa shape index (κ3) is 5.52. The first kappa shape index (κ1) is 20.3. The summed E-state index contributed by atoms with van der Waals surface area (Å²) < 4.78 is 0. The Labute approximate surface area is 171 Å². The SMILES string of the molecule is Cc1ccc(Cc2cnc(NC(=O)[C@H](C)c3ccc(CC(C)C)cc3)s2)cc1. The molecule has 3 aromatic rings. The van der Waals surface area contributed by atoms with Gasteiger partial charge in [0.05, 0.1) is 5.92 Å². The summed E-state index contributed by atoms with van der Waals surface area (Å²) in [5.41, 5.74) is 4.85. The molecule has 0 aliphatic heterocycles. The van der Waals surface area contributed by atoms with E-state index in [0.29, 0.717) is 11.0 Å². The van der Waals surface area contributed by atoms with E-state index >= 15 is 0 Å². The molecule has 28 heavy (non-hydrogen) atoms. The van der Waals surface area contributed by atoms with Crippen LogP contribution in [-0.4, -0.2) is 10.9 Å². The summed E-state index contributed by atoms with van der Waals surface area (Å²) in [6.45, 7) is 8.45. The molecule has 4 heteroatoms. The lowest BCUT2D eigenvalue weighted by Gasteiger charge is -2.12. The Kier molecular flexibility index (Phi) is 6.63. The molecule has 0 aliphatic carbocycles. The Morgan fingerprint density at radius 1 is 1.00 bits per heavy atom. The number of hydrogen-bond acceptors (Lipinski definition) is 3. The van der Waals surface area contributed by atoms with Crippen LogP contribution in [0.25, 0.3) is 0 Å². The van der Waals surface area contributed by atoms with Crippen molar-refractivity contribution < 1.29 is 4.79 Å². The van der Waals surface area contributed by atoms with Gasteiger partial charge in [0.1, 0.15) is 0 Å². The van der Waals surface area contributed by atoms with Crippen LogP contribution in [0.5, 0.6) is 0 Å². The number of thiazole rings is 1. The van der Waals surface area contributed by atoms with Crippen LogP contribution in [-0.2, 0) is 17.6 Å². The number of carbonyl (C=O) groups is 1. The largest absolute Gasteiger partial charge is 0.301 e. The van der Waals surface area contributed by atoms with Crippen molar-refractivity contribution in [1.82, 2.24) is 4.98 Å². The molecular weight excluding hydrogens is 364 g/mol. The van der Waals surface area contributed by atoms with Gasteiger partial charge in [-0.15, -0.1) is 11.3 Å². The fraction of sp³-hybridized carbons (Fsp3) is 0.333. The lowest BCUT2D eigenvalue weighted by atomic mass is 9.96. The fourth-order valence-electron chi connectivity index (χ4n) is 3.13. The number of anilines is 1. The third-order valence-corrected chi connectivity index (χ3v) is 5.71. The lowest BCUT2D eigenvalue weighted by Crippen LogP contribution is -2.18. The van der Waals surface area contributed by atoms with E-state index in [-0.39, 0.29) is 11.8 Å². The Morgan fingerprint density at radius 2 is 1.64 bits per heavy atom. The van der Waals surface area contributed by atoms with Gasteiger partial charge in [-0.05, 0) is 42.9 Å². The number of hydrogen-bond donors (Lipinski definition) is 1. The first-order valence-corrected chi connectivity index (χ1v) is 10.6. The summed E-state index contributed by atoms with van der Waals surface area (Å²) in [6.07, 6.45) is 3.75. The minimum atomic E-state index is -0.211. The van der Waals surface area contributed by atoms with Crippen LogP contribution in [0, 0.1) is 12.8 Å². The molecule has 3 rings (SSSR count). The average molecular weight is 393 g/mol. The van der Waals surface area contributed by atoms with E-state index in [4.69, 9.17) is 0 Å². The zero-order chi connectivity index (χ0) is 20.1. The Morgan fingerprint density at radius 3 is 2.29 bits per heavy atom. The maximum Gasteiger partial charge on any atom is 0.233 e. The second-order valence-corrected chi connectivity index (χ2v) is 8.96. The molecule has 0 saturated carbocycles. The molecule has 0 unspecified atom stereocenters. The maximum atomic E-state index is 12.6. The van der Waals surface area contributed by atoms with Crippen molar-refractivity contribution >= 4 is 22.4 Å². The number of benzene rings is 2. The van der Waals surface area contributed by atoms with Gasteiger partial charge >= 0.3 is 0 Å². The van der Waals surface area contributed by atoms with E-state index in [9.17, 15) is 4.79 Å². The molecule has 1 N–H and O–H groups in total. The second-order valence-electron chi connectivity index (χ2n) is 7.84. The smallest absolute Gasteiger partial charge is 0.233 e. The number of nitrogens with zero attached hydrogens (tertiary/aromatic N) is 1. The first-order valence-electron chi connectivity index (χ1n) is 9.80. The normalized spacial score (nSPS) is 12.2. The van der Waals surface area contributed by atoms with Crippen LogP contribution >= 0.6 is 11.3 Å². The van der Waals surface area contributed by atoms with Crippen molar-refractivity contribution in [2.75, 3.05) is 5.32 Å². The number of aryl methyl sites for hydroxylation is 1.